The molecule has 0 saturated carbocycles. The molecule has 1 aliphatic rings. The minimum Gasteiger partial charge on any atom is -0.472 e. The van der Waals surface area contributed by atoms with Gasteiger partial charge in [0.1, 0.15) is 11.7 Å². The van der Waals surface area contributed by atoms with Crippen molar-refractivity contribution >= 4 is 5.91 Å². The van der Waals surface area contributed by atoms with E-state index < -0.39 is 0 Å². The van der Waals surface area contributed by atoms with Crippen molar-refractivity contribution in [2.24, 2.45) is 5.92 Å². The Balaban J connectivity index is 1.63. The van der Waals surface area contributed by atoms with Crippen LogP contribution in [-0.4, -0.2) is 74.7 Å². The number of pyridine rings is 3. The molecule has 3 atom stereocenters. The van der Waals surface area contributed by atoms with Crippen LogP contribution in [0.15, 0.2) is 61.3 Å². The van der Waals surface area contributed by atoms with Gasteiger partial charge in [-0.3, -0.25) is 19.7 Å². The maximum Gasteiger partial charge on any atom is 0.259 e. The second kappa shape index (κ2) is 11.8. The summed E-state index contributed by atoms with van der Waals surface area (Å²) in [4.78, 5) is 30.1. The van der Waals surface area contributed by atoms with Gasteiger partial charge in [0.05, 0.1) is 12.6 Å². The zero-order chi connectivity index (χ0) is 25.5. The minimum atomic E-state index is -0.341. The van der Waals surface area contributed by atoms with Crippen molar-refractivity contribution in [1.82, 2.24) is 24.8 Å². The molecule has 36 heavy (non-hydrogen) atoms. The molecule has 0 aromatic carbocycles. The van der Waals surface area contributed by atoms with Crippen LogP contribution >= 0.6 is 0 Å². The maximum atomic E-state index is 13.6. The molecule has 3 aromatic rings. The molecule has 1 aliphatic heterocycles. The first-order valence-electron chi connectivity index (χ1n) is 12.0. The number of ether oxygens (including phenoxy) is 1. The Morgan fingerprint density at radius 3 is 2.67 bits per heavy atom. The van der Waals surface area contributed by atoms with Crippen LogP contribution in [0.1, 0.15) is 40.9 Å². The molecule has 0 unspecified atom stereocenters. The zero-order valence-electron chi connectivity index (χ0n) is 20.8. The average molecular weight is 486 g/mol. The summed E-state index contributed by atoms with van der Waals surface area (Å²) in [6.45, 7) is 5.62. The lowest BCUT2D eigenvalue weighted by molar-refractivity contribution is 0.0325. The highest BCUT2D eigenvalue weighted by Gasteiger charge is 2.34. The predicted molar refractivity (Wildman–Crippen MR) is 136 cm³/mol. The van der Waals surface area contributed by atoms with E-state index in [-0.39, 0.29) is 36.5 Å². The lowest BCUT2D eigenvalue weighted by Crippen LogP contribution is -2.49. The summed E-state index contributed by atoms with van der Waals surface area (Å²) in [7, 11) is 2.04. The smallest absolute Gasteiger partial charge is 0.259 e. The number of carbonyl (C=O) groups is 1. The number of aromatic nitrogens is 3. The first-order chi connectivity index (χ1) is 17.4. The van der Waals surface area contributed by atoms with Crippen LogP contribution in [0.2, 0.25) is 0 Å². The van der Waals surface area contributed by atoms with E-state index in [1.54, 1.807) is 42.0 Å². The number of fused-ring (bicyclic) bond motifs is 1. The normalized spacial score (nSPS) is 18.4. The third kappa shape index (κ3) is 6.25. The summed E-state index contributed by atoms with van der Waals surface area (Å²) >= 11 is 0. The van der Waals surface area contributed by atoms with Crippen LogP contribution in [0.5, 0.6) is 5.88 Å². The van der Waals surface area contributed by atoms with E-state index in [0.717, 1.165) is 17.7 Å². The number of aliphatic hydroxyl groups is 1. The van der Waals surface area contributed by atoms with E-state index in [1.807, 2.05) is 38.2 Å². The quantitative estimate of drug-likeness (QED) is 0.537. The lowest BCUT2D eigenvalue weighted by atomic mass is 9.99. The van der Waals surface area contributed by atoms with Crippen LogP contribution in [0.4, 0.5) is 0 Å². The van der Waals surface area contributed by atoms with Gasteiger partial charge in [0.25, 0.3) is 5.91 Å². The summed E-state index contributed by atoms with van der Waals surface area (Å²) in [5.74, 6) is 6.20. The SMILES string of the molecule is C[C@H]1CN([C@@H](C)CO)C(=O)c2cc(C#Cc3cccnc3)cnc2O[C@H]1CN(C)Cc1ccncc1. The summed E-state index contributed by atoms with van der Waals surface area (Å²) in [6.07, 6.45) is 8.36. The number of hydrogen-bond donors (Lipinski definition) is 1. The number of likely N-dealkylation sites (N-methyl/N-ethyl adjacent to an activating group) is 1. The number of rotatable bonds is 6. The van der Waals surface area contributed by atoms with Crippen LogP contribution in [0.3, 0.4) is 0 Å². The van der Waals surface area contributed by atoms with Gasteiger partial charge < -0.3 is 14.7 Å². The first-order valence-corrected chi connectivity index (χ1v) is 12.0. The van der Waals surface area contributed by atoms with Crippen LogP contribution < -0.4 is 4.74 Å². The summed E-state index contributed by atoms with van der Waals surface area (Å²) in [5, 5.41) is 9.86. The highest BCUT2D eigenvalue weighted by molar-refractivity contribution is 5.97. The van der Waals surface area contributed by atoms with Crippen molar-refractivity contribution in [2.75, 3.05) is 26.7 Å². The van der Waals surface area contributed by atoms with Crippen molar-refractivity contribution in [1.29, 1.82) is 0 Å². The van der Waals surface area contributed by atoms with Gasteiger partial charge in [-0.2, -0.15) is 0 Å². The molecule has 0 bridgehead atoms. The standard InChI is InChI=1S/C28H31N5O3/c1-20-16-33(21(2)19-34)28(35)25-13-24(7-6-22-5-4-10-30-14-22)15-31-27(25)36-26(20)18-32(3)17-23-8-11-29-12-9-23/h4-5,8-15,20-21,26,34H,16-19H2,1-3H3/t20-,21-,26-/m0/s1. The van der Waals surface area contributed by atoms with Crippen LogP contribution in [-0.2, 0) is 6.54 Å². The molecule has 0 aliphatic carbocycles. The maximum absolute atomic E-state index is 13.6. The van der Waals surface area contributed by atoms with E-state index in [9.17, 15) is 9.90 Å². The van der Waals surface area contributed by atoms with E-state index in [4.69, 9.17) is 4.74 Å². The molecule has 0 saturated heterocycles. The molecule has 186 valence electrons. The van der Waals surface area contributed by atoms with Gasteiger partial charge in [-0.05, 0) is 49.9 Å². The number of carbonyl (C=O) groups excluding carboxylic acids is 1. The highest BCUT2D eigenvalue weighted by Crippen LogP contribution is 2.27. The van der Waals surface area contributed by atoms with Gasteiger partial charge in [0, 0.05) is 67.7 Å². The molecule has 0 radical (unpaired) electrons. The Morgan fingerprint density at radius 1 is 1.17 bits per heavy atom. The number of amides is 1. The third-order valence-electron chi connectivity index (χ3n) is 6.23. The van der Waals surface area contributed by atoms with Crippen molar-refractivity contribution in [3.63, 3.8) is 0 Å². The van der Waals surface area contributed by atoms with Gasteiger partial charge >= 0.3 is 0 Å². The fraction of sp³-hybridized carbons (Fsp3) is 0.357. The molecule has 4 heterocycles. The van der Waals surface area contributed by atoms with Crippen molar-refractivity contribution in [3.05, 3.63) is 83.6 Å². The van der Waals surface area contributed by atoms with Gasteiger partial charge in [-0.15, -0.1) is 0 Å². The fourth-order valence-electron chi connectivity index (χ4n) is 4.14. The average Bonchev–Trinajstić information content (AvgIpc) is 2.90. The lowest BCUT2D eigenvalue weighted by Gasteiger charge is -2.37. The summed E-state index contributed by atoms with van der Waals surface area (Å²) in [6, 6.07) is 9.06. The van der Waals surface area contributed by atoms with Gasteiger partial charge in [0.15, 0.2) is 0 Å². The summed E-state index contributed by atoms with van der Waals surface area (Å²) in [5.41, 5.74) is 2.88. The monoisotopic (exact) mass is 485 g/mol. The van der Waals surface area contributed by atoms with Crippen LogP contribution in [0, 0.1) is 17.8 Å². The molecular weight excluding hydrogens is 454 g/mol. The van der Waals surface area contributed by atoms with Crippen molar-refractivity contribution in [2.45, 2.75) is 32.5 Å². The Bertz CT molecular complexity index is 1230. The second-order valence-corrected chi connectivity index (χ2v) is 9.24. The third-order valence-corrected chi connectivity index (χ3v) is 6.23. The Kier molecular flexibility index (Phi) is 8.26. The van der Waals surface area contributed by atoms with Gasteiger partial charge in [0.2, 0.25) is 5.88 Å². The first kappa shape index (κ1) is 25.3. The van der Waals surface area contributed by atoms with E-state index in [2.05, 4.69) is 38.6 Å². The molecule has 8 nitrogen and oxygen atoms in total. The topological polar surface area (TPSA) is 91.7 Å². The van der Waals surface area contributed by atoms with E-state index >= 15 is 0 Å². The highest BCUT2D eigenvalue weighted by atomic mass is 16.5. The largest absolute Gasteiger partial charge is 0.472 e. The molecule has 1 amide bonds. The fourth-order valence-corrected chi connectivity index (χ4v) is 4.14. The number of nitrogens with zero attached hydrogens (tertiary/aromatic N) is 5. The minimum absolute atomic E-state index is 0.0165. The van der Waals surface area contributed by atoms with E-state index in [0.29, 0.717) is 24.2 Å². The van der Waals surface area contributed by atoms with E-state index in [1.165, 1.54) is 0 Å². The molecular formula is C28H31N5O3. The molecule has 4 rings (SSSR count). The Morgan fingerprint density at radius 2 is 1.94 bits per heavy atom. The van der Waals surface area contributed by atoms with Gasteiger partial charge in [-0.1, -0.05) is 18.8 Å². The van der Waals surface area contributed by atoms with Crippen molar-refractivity contribution in [3.8, 4) is 17.7 Å². The van der Waals surface area contributed by atoms with Gasteiger partial charge in [-0.25, -0.2) is 4.98 Å². The second-order valence-electron chi connectivity index (χ2n) is 9.24. The number of hydrogen-bond acceptors (Lipinski definition) is 7. The van der Waals surface area contributed by atoms with Crippen molar-refractivity contribution < 1.29 is 14.6 Å². The Hall–Kier alpha value is -3.80. The molecule has 0 fully saturated rings. The molecule has 1 N–H and O–H groups in total. The molecule has 3 aromatic heterocycles. The Labute approximate surface area is 212 Å². The molecule has 0 spiro atoms. The molecule has 8 heteroatoms. The summed E-state index contributed by atoms with van der Waals surface area (Å²) < 4.78 is 6.37. The predicted octanol–water partition coefficient (Wildman–Crippen LogP) is 2.62. The van der Waals surface area contributed by atoms with Crippen LogP contribution in [0.25, 0.3) is 0 Å². The number of aliphatic hydroxyl groups excluding tert-OH is 1. The zero-order valence-corrected chi connectivity index (χ0v) is 20.8.